The molecule has 244 valence electrons. The first-order chi connectivity index (χ1) is 20.0. The summed E-state index contributed by atoms with van der Waals surface area (Å²) in [5.41, 5.74) is 9.67. The van der Waals surface area contributed by atoms with Crippen molar-refractivity contribution in [2.45, 2.75) is 141 Å². The monoisotopic (exact) mass is 603 g/mol. The highest BCUT2D eigenvalue weighted by molar-refractivity contribution is 8.07. The number of aliphatic imine (C=N–C) groups is 1. The quantitative estimate of drug-likeness (QED) is 0.202. The number of hydrogen-bond acceptors (Lipinski definition) is 5. The fourth-order valence-electron chi connectivity index (χ4n) is 2.92. The maximum atomic E-state index is 8.98. The Bertz CT molecular complexity index is 853. The molecule has 1 aromatic carbocycles. The summed E-state index contributed by atoms with van der Waals surface area (Å²) in [5, 5.41) is 8.98. The van der Waals surface area contributed by atoms with E-state index in [0.717, 1.165) is 26.5 Å². The van der Waals surface area contributed by atoms with Crippen LogP contribution in [-0.2, 0) is 0 Å². The van der Waals surface area contributed by atoms with Crippen molar-refractivity contribution in [2.75, 3.05) is 14.1 Å². The Morgan fingerprint density at radius 2 is 1.40 bits per heavy atom. The van der Waals surface area contributed by atoms with E-state index in [-0.39, 0.29) is 6.17 Å². The number of benzene rings is 1. The summed E-state index contributed by atoms with van der Waals surface area (Å²) in [4.78, 5) is 8.86. The van der Waals surface area contributed by atoms with E-state index in [1.54, 1.807) is 11.8 Å². The van der Waals surface area contributed by atoms with Gasteiger partial charge in [0.15, 0.2) is 0 Å². The van der Waals surface area contributed by atoms with E-state index in [4.69, 9.17) is 11.0 Å². The van der Waals surface area contributed by atoms with Crippen molar-refractivity contribution in [3.8, 4) is 6.07 Å². The minimum atomic E-state index is 0.112. The van der Waals surface area contributed by atoms with Gasteiger partial charge in [0.05, 0.1) is 17.8 Å². The van der Waals surface area contributed by atoms with Crippen LogP contribution in [0.3, 0.4) is 0 Å². The third-order valence-corrected chi connectivity index (χ3v) is 6.23. The first kappa shape index (κ1) is 49.5. The van der Waals surface area contributed by atoms with Gasteiger partial charge in [0, 0.05) is 22.7 Å². The number of nitrogens with zero attached hydrogens (tertiary/aromatic N) is 3. The minimum Gasteiger partial charge on any atom is -0.328 e. The lowest BCUT2D eigenvalue weighted by Crippen LogP contribution is -2.22. The third kappa shape index (κ3) is 28.0. The van der Waals surface area contributed by atoms with Crippen LogP contribution in [0, 0.1) is 11.3 Å². The second-order valence-corrected chi connectivity index (χ2v) is 10.4. The maximum Gasteiger partial charge on any atom is 0.0991 e. The highest BCUT2D eigenvalue weighted by atomic mass is 32.2. The summed E-state index contributed by atoms with van der Waals surface area (Å²) in [6, 6.07) is 10.3. The molecule has 0 heterocycles. The molecule has 0 aliphatic heterocycles. The Hall–Kier alpha value is -2.13. The first-order valence-electron chi connectivity index (χ1n) is 16.2. The van der Waals surface area contributed by atoms with Gasteiger partial charge in [-0.25, -0.2) is 0 Å². The average molecular weight is 603 g/mol. The molecule has 0 aliphatic rings. The second kappa shape index (κ2) is 36.9. The molecular weight excluding hydrogens is 533 g/mol. The van der Waals surface area contributed by atoms with Crippen molar-refractivity contribution in [2.24, 2.45) is 10.7 Å². The van der Waals surface area contributed by atoms with Crippen LogP contribution in [-0.4, -0.2) is 37.4 Å². The predicted molar refractivity (Wildman–Crippen MR) is 199 cm³/mol. The number of nitrogens with two attached hydrogens (primary N) is 1. The zero-order valence-electron chi connectivity index (χ0n) is 30.7. The Morgan fingerprint density at radius 3 is 1.71 bits per heavy atom. The number of hydrogen-bond donors (Lipinski definition) is 1. The van der Waals surface area contributed by atoms with Crippen molar-refractivity contribution in [1.29, 1.82) is 5.26 Å². The van der Waals surface area contributed by atoms with E-state index in [1.807, 2.05) is 100.0 Å². The van der Waals surface area contributed by atoms with Gasteiger partial charge < -0.3 is 5.73 Å². The van der Waals surface area contributed by atoms with Gasteiger partial charge in [-0.05, 0) is 82.8 Å². The zero-order chi connectivity index (χ0) is 34.1. The molecule has 1 atom stereocenters. The highest BCUT2D eigenvalue weighted by Crippen LogP contribution is 2.35. The van der Waals surface area contributed by atoms with Gasteiger partial charge >= 0.3 is 0 Å². The molecule has 0 saturated heterocycles. The van der Waals surface area contributed by atoms with Gasteiger partial charge in [-0.15, -0.1) is 0 Å². The molecule has 5 heteroatoms. The van der Waals surface area contributed by atoms with Crippen LogP contribution in [0.15, 0.2) is 57.3 Å². The van der Waals surface area contributed by atoms with Gasteiger partial charge in [-0.2, -0.15) is 5.26 Å². The summed E-state index contributed by atoms with van der Waals surface area (Å²) < 4.78 is 0. The Balaban J connectivity index is -0.000000222. The number of nitriles is 1. The van der Waals surface area contributed by atoms with Crippen molar-refractivity contribution in [1.82, 2.24) is 4.90 Å². The lowest BCUT2D eigenvalue weighted by Gasteiger charge is -2.17. The van der Waals surface area contributed by atoms with E-state index < -0.39 is 0 Å². The van der Waals surface area contributed by atoms with E-state index in [1.165, 1.54) is 32.1 Å². The lowest BCUT2D eigenvalue weighted by molar-refractivity contribution is 0.325. The number of allylic oxidation sites excluding steroid dienone is 4. The molecule has 2 N–H and O–H groups in total. The number of thioether (sulfide) groups is 1. The Kier molecular flexibility index (Phi) is 43.5. The summed E-state index contributed by atoms with van der Waals surface area (Å²) in [6.07, 6.45) is 10.2. The van der Waals surface area contributed by atoms with Crippen molar-refractivity contribution in [3.63, 3.8) is 0 Å². The minimum absolute atomic E-state index is 0.112. The SMILES string of the molecule is C=C(C)SC(/C(/C=N\C(C)N(C)C)=C/C)=C(\C)c1ccc(C#N)cc1.CC.CC.CC.CCC.CCCC(N)CCC. The molecule has 0 radical (unpaired) electrons. The van der Waals surface area contributed by atoms with E-state index in [0.29, 0.717) is 11.6 Å². The smallest absolute Gasteiger partial charge is 0.0991 e. The fourth-order valence-corrected chi connectivity index (χ4v) is 3.83. The largest absolute Gasteiger partial charge is 0.328 e. The van der Waals surface area contributed by atoms with Crippen molar-refractivity contribution < 1.29 is 0 Å². The third-order valence-electron chi connectivity index (χ3n) is 5.13. The van der Waals surface area contributed by atoms with Gasteiger partial charge in [0.1, 0.15) is 0 Å². The summed E-state index contributed by atoms with van der Waals surface area (Å²) in [6.45, 7) is 32.8. The Morgan fingerprint density at radius 1 is 0.976 bits per heavy atom. The second-order valence-electron chi connectivity index (χ2n) is 9.11. The van der Waals surface area contributed by atoms with Crippen LogP contribution in [0.25, 0.3) is 5.57 Å². The molecule has 4 nitrogen and oxygen atoms in total. The standard InChI is InChI=1S/C21H27N3S.C7H17N.C3H8.3C2H6/c1-8-19(14-23-17(5)24(6)7)21(25-15(2)3)16(4)20-11-9-18(13-22)10-12-20;1-3-5-7(8)6-4-2;1-3-2;3*1-2/h8-12,14,17H,2H2,1,3-7H3;7H,3-6,8H2,1-2H3;3H2,1-2H3;3*1-2H3/b19-8+,21-16+,23-14-;;;;;. The van der Waals surface area contributed by atoms with Gasteiger partial charge in [0.25, 0.3) is 0 Å². The molecule has 0 aromatic heterocycles. The predicted octanol–water partition coefficient (Wildman–Crippen LogP) is 11.9. The Labute approximate surface area is 268 Å². The molecule has 0 bridgehead atoms. The van der Waals surface area contributed by atoms with E-state index in [2.05, 4.69) is 70.2 Å². The first-order valence-corrected chi connectivity index (χ1v) is 17.0. The van der Waals surface area contributed by atoms with Crippen LogP contribution in [0.2, 0.25) is 0 Å². The molecule has 1 unspecified atom stereocenters. The molecule has 0 amide bonds. The fraction of sp³-hybridized carbons (Fsp3) is 0.622. The molecule has 1 aromatic rings. The molecule has 0 aliphatic carbocycles. The normalized spacial score (nSPS) is 11.4. The summed E-state index contributed by atoms with van der Waals surface area (Å²) in [5.74, 6) is 0. The molecule has 0 saturated carbocycles. The van der Waals surface area contributed by atoms with E-state index in [9.17, 15) is 0 Å². The van der Waals surface area contributed by atoms with Gasteiger partial charge in [0.2, 0.25) is 0 Å². The summed E-state index contributed by atoms with van der Waals surface area (Å²) in [7, 11) is 4.03. The zero-order valence-corrected chi connectivity index (χ0v) is 31.5. The summed E-state index contributed by atoms with van der Waals surface area (Å²) >= 11 is 1.65. The molecule has 0 spiro atoms. The lowest BCUT2D eigenvalue weighted by atomic mass is 10.0. The topological polar surface area (TPSA) is 65.4 Å². The molecular formula is C37H70N4S. The maximum absolute atomic E-state index is 8.98. The highest BCUT2D eigenvalue weighted by Gasteiger charge is 2.11. The van der Waals surface area contributed by atoms with E-state index >= 15 is 0 Å². The van der Waals surface area contributed by atoms with Crippen molar-refractivity contribution >= 4 is 23.5 Å². The molecule has 0 fully saturated rings. The molecule has 42 heavy (non-hydrogen) atoms. The van der Waals surface area contributed by atoms with Crippen LogP contribution in [0.1, 0.15) is 140 Å². The number of rotatable bonds is 11. The average Bonchev–Trinajstić information content (AvgIpc) is 3.00. The van der Waals surface area contributed by atoms with Crippen LogP contribution in [0.5, 0.6) is 0 Å². The van der Waals surface area contributed by atoms with Crippen LogP contribution < -0.4 is 5.73 Å². The van der Waals surface area contributed by atoms with Gasteiger partial charge in [-0.1, -0.05) is 125 Å². The molecule has 1 rings (SSSR count). The van der Waals surface area contributed by atoms with Crippen LogP contribution in [0.4, 0.5) is 0 Å². The van der Waals surface area contributed by atoms with Crippen LogP contribution >= 0.6 is 11.8 Å². The van der Waals surface area contributed by atoms with Gasteiger partial charge in [-0.3, -0.25) is 9.89 Å². The van der Waals surface area contributed by atoms with Crippen molar-refractivity contribution in [3.05, 3.63) is 63.4 Å².